The number of nitrogens with one attached hydrogen (secondary N) is 1. The Hall–Kier alpha value is -1.02. The van der Waals surface area contributed by atoms with E-state index in [0.29, 0.717) is 0 Å². The zero-order valence-corrected chi connectivity index (χ0v) is 10.1. The molecule has 0 bridgehead atoms. The Bertz CT molecular complexity index is 299. The summed E-state index contributed by atoms with van der Waals surface area (Å²) in [6, 6.07) is 10.1. The Morgan fingerprint density at radius 1 is 1.31 bits per heavy atom. The number of rotatable bonds is 4. The van der Waals surface area contributed by atoms with Gasteiger partial charge in [0.25, 0.3) is 0 Å². The van der Waals surface area contributed by atoms with Crippen LogP contribution in [0.15, 0.2) is 30.3 Å². The van der Waals surface area contributed by atoms with Gasteiger partial charge in [-0.1, -0.05) is 25.1 Å². The highest BCUT2D eigenvalue weighted by molar-refractivity contribution is 5.20. The molecule has 0 saturated carbocycles. The van der Waals surface area contributed by atoms with E-state index in [1.165, 1.54) is 25.9 Å². The molecule has 1 aromatic carbocycles. The van der Waals surface area contributed by atoms with E-state index < -0.39 is 0 Å². The zero-order valence-electron chi connectivity index (χ0n) is 10.1. The van der Waals surface area contributed by atoms with Crippen LogP contribution in [0, 0.1) is 5.92 Å². The number of hydrogen-bond acceptors (Lipinski definition) is 1. The van der Waals surface area contributed by atoms with E-state index in [2.05, 4.69) is 6.92 Å². The van der Waals surface area contributed by atoms with Gasteiger partial charge in [0.15, 0.2) is 0 Å². The SMILES string of the molecule is C[C@H]1CCC[NH+](CCOc2ccccc2)C1. The average Bonchev–Trinajstić information content (AvgIpc) is 2.30. The van der Waals surface area contributed by atoms with Crippen LogP contribution < -0.4 is 9.64 Å². The monoisotopic (exact) mass is 220 g/mol. The molecule has 1 aliphatic rings. The lowest BCUT2D eigenvalue weighted by atomic mass is 10.0. The second kappa shape index (κ2) is 5.90. The number of quaternary nitrogens is 1. The van der Waals surface area contributed by atoms with Crippen LogP contribution >= 0.6 is 0 Å². The van der Waals surface area contributed by atoms with Gasteiger partial charge >= 0.3 is 0 Å². The summed E-state index contributed by atoms with van der Waals surface area (Å²) >= 11 is 0. The minimum Gasteiger partial charge on any atom is -0.488 e. The molecule has 1 fully saturated rings. The fourth-order valence-corrected chi connectivity index (χ4v) is 2.45. The maximum Gasteiger partial charge on any atom is 0.137 e. The van der Waals surface area contributed by atoms with E-state index in [1.54, 1.807) is 4.90 Å². The predicted molar refractivity (Wildman–Crippen MR) is 65.9 cm³/mol. The van der Waals surface area contributed by atoms with E-state index in [4.69, 9.17) is 4.74 Å². The van der Waals surface area contributed by atoms with Gasteiger partial charge < -0.3 is 9.64 Å². The Morgan fingerprint density at radius 2 is 2.12 bits per heavy atom. The molecular formula is C14H22NO+. The highest BCUT2D eigenvalue weighted by Gasteiger charge is 2.18. The molecule has 1 heterocycles. The fourth-order valence-electron chi connectivity index (χ4n) is 2.45. The van der Waals surface area contributed by atoms with Crippen LogP contribution in [-0.2, 0) is 0 Å². The van der Waals surface area contributed by atoms with E-state index in [1.807, 2.05) is 30.3 Å². The lowest BCUT2D eigenvalue weighted by Gasteiger charge is -2.27. The van der Waals surface area contributed by atoms with Crippen molar-refractivity contribution >= 4 is 0 Å². The smallest absolute Gasteiger partial charge is 0.137 e. The largest absolute Gasteiger partial charge is 0.488 e. The molecule has 2 atom stereocenters. The molecule has 2 rings (SSSR count). The van der Waals surface area contributed by atoms with Crippen molar-refractivity contribution in [2.45, 2.75) is 19.8 Å². The summed E-state index contributed by atoms with van der Waals surface area (Å²) in [4.78, 5) is 1.70. The minimum atomic E-state index is 0.839. The van der Waals surface area contributed by atoms with Gasteiger partial charge in [-0.3, -0.25) is 0 Å². The van der Waals surface area contributed by atoms with Gasteiger partial charge in [0, 0.05) is 5.92 Å². The van der Waals surface area contributed by atoms with Gasteiger partial charge in [0.2, 0.25) is 0 Å². The molecule has 0 aliphatic carbocycles. The second-order valence-electron chi connectivity index (χ2n) is 4.86. The lowest BCUT2D eigenvalue weighted by Crippen LogP contribution is -3.14. The van der Waals surface area contributed by atoms with Gasteiger partial charge in [-0.15, -0.1) is 0 Å². The first-order chi connectivity index (χ1) is 7.84. The normalized spacial score (nSPS) is 25.3. The molecule has 1 unspecified atom stereocenters. The molecule has 0 radical (unpaired) electrons. The van der Waals surface area contributed by atoms with Crippen LogP contribution in [0.2, 0.25) is 0 Å². The van der Waals surface area contributed by atoms with E-state index in [-0.39, 0.29) is 0 Å². The van der Waals surface area contributed by atoms with E-state index >= 15 is 0 Å². The van der Waals surface area contributed by atoms with Crippen molar-refractivity contribution in [1.29, 1.82) is 0 Å². The first-order valence-electron chi connectivity index (χ1n) is 6.36. The highest BCUT2D eigenvalue weighted by atomic mass is 16.5. The van der Waals surface area contributed by atoms with Crippen molar-refractivity contribution in [3.63, 3.8) is 0 Å². The van der Waals surface area contributed by atoms with Crippen molar-refractivity contribution < 1.29 is 9.64 Å². The average molecular weight is 220 g/mol. The first-order valence-corrected chi connectivity index (χ1v) is 6.36. The molecule has 0 aromatic heterocycles. The summed E-state index contributed by atoms with van der Waals surface area (Å²) in [5.41, 5.74) is 0. The van der Waals surface area contributed by atoms with Crippen LogP contribution in [0.5, 0.6) is 5.75 Å². The van der Waals surface area contributed by atoms with Crippen molar-refractivity contribution in [2.75, 3.05) is 26.2 Å². The Labute approximate surface area is 98.2 Å². The van der Waals surface area contributed by atoms with Crippen LogP contribution in [0.3, 0.4) is 0 Å². The van der Waals surface area contributed by atoms with E-state index in [9.17, 15) is 0 Å². The number of hydrogen-bond donors (Lipinski definition) is 1. The summed E-state index contributed by atoms with van der Waals surface area (Å²) in [5.74, 6) is 1.88. The van der Waals surface area contributed by atoms with E-state index in [0.717, 1.165) is 24.8 Å². The molecule has 1 aliphatic heterocycles. The Kier molecular flexibility index (Phi) is 4.23. The highest BCUT2D eigenvalue weighted by Crippen LogP contribution is 2.07. The van der Waals surface area contributed by atoms with Crippen LogP contribution in [0.25, 0.3) is 0 Å². The van der Waals surface area contributed by atoms with Gasteiger partial charge in [-0.25, -0.2) is 0 Å². The third-order valence-electron chi connectivity index (χ3n) is 3.33. The number of piperidine rings is 1. The van der Waals surface area contributed by atoms with Crippen molar-refractivity contribution in [2.24, 2.45) is 5.92 Å². The summed E-state index contributed by atoms with van der Waals surface area (Å²) in [7, 11) is 0. The quantitative estimate of drug-likeness (QED) is 0.809. The van der Waals surface area contributed by atoms with Crippen molar-refractivity contribution in [3.8, 4) is 5.75 Å². The zero-order chi connectivity index (χ0) is 11.2. The standard InChI is InChI=1S/C14H21NO/c1-13-6-5-9-15(12-13)10-11-16-14-7-3-2-4-8-14/h2-4,7-8,13H,5-6,9-12H2,1H3/p+1/t13-/m0/s1. The molecule has 88 valence electrons. The molecule has 2 heteroatoms. The molecule has 16 heavy (non-hydrogen) atoms. The van der Waals surface area contributed by atoms with Gasteiger partial charge in [-0.2, -0.15) is 0 Å². The topological polar surface area (TPSA) is 13.7 Å². The van der Waals surface area contributed by atoms with Crippen LogP contribution in [0.1, 0.15) is 19.8 Å². The minimum absolute atomic E-state index is 0.839. The summed E-state index contributed by atoms with van der Waals surface area (Å²) in [5, 5.41) is 0. The maximum atomic E-state index is 5.72. The third-order valence-corrected chi connectivity index (χ3v) is 3.33. The van der Waals surface area contributed by atoms with Crippen LogP contribution in [-0.4, -0.2) is 26.2 Å². The summed E-state index contributed by atoms with van der Waals surface area (Å²) in [6.07, 6.45) is 2.78. The second-order valence-corrected chi connectivity index (χ2v) is 4.86. The van der Waals surface area contributed by atoms with Crippen molar-refractivity contribution in [1.82, 2.24) is 0 Å². The fraction of sp³-hybridized carbons (Fsp3) is 0.571. The number of likely N-dealkylation sites (tertiary alicyclic amines) is 1. The lowest BCUT2D eigenvalue weighted by molar-refractivity contribution is -0.908. The Balaban J connectivity index is 1.68. The number of benzene rings is 1. The van der Waals surface area contributed by atoms with Crippen molar-refractivity contribution in [3.05, 3.63) is 30.3 Å². The summed E-state index contributed by atoms with van der Waals surface area (Å²) < 4.78 is 5.72. The van der Waals surface area contributed by atoms with Gasteiger partial charge in [0.05, 0.1) is 13.1 Å². The van der Waals surface area contributed by atoms with Gasteiger partial charge in [-0.05, 0) is 25.0 Å². The van der Waals surface area contributed by atoms with Gasteiger partial charge in [0.1, 0.15) is 18.9 Å². The first kappa shape index (κ1) is 11.5. The maximum absolute atomic E-state index is 5.72. The Morgan fingerprint density at radius 3 is 2.88 bits per heavy atom. The molecule has 2 nitrogen and oxygen atoms in total. The predicted octanol–water partition coefficient (Wildman–Crippen LogP) is 1.38. The molecule has 0 spiro atoms. The molecule has 0 amide bonds. The number of para-hydroxylation sites is 1. The number of ether oxygens (including phenoxy) is 1. The van der Waals surface area contributed by atoms with Crippen LogP contribution in [0.4, 0.5) is 0 Å². The third kappa shape index (κ3) is 3.53. The molecular weight excluding hydrogens is 198 g/mol. The molecule has 1 aromatic rings. The molecule has 1 saturated heterocycles. The summed E-state index contributed by atoms with van der Waals surface area (Å²) in [6.45, 7) is 6.98. The molecule has 1 N–H and O–H groups in total.